The highest BCUT2D eigenvalue weighted by atomic mass is 79.9. The molecule has 0 saturated heterocycles. The van der Waals surface area contributed by atoms with Crippen LogP contribution in [0.1, 0.15) is 5.56 Å². The molecule has 0 aliphatic carbocycles. The number of thiophene rings is 1. The van der Waals surface area contributed by atoms with Crippen molar-refractivity contribution in [1.29, 1.82) is 5.26 Å². The summed E-state index contributed by atoms with van der Waals surface area (Å²) in [5.74, 6) is 0.907. The first-order chi connectivity index (χ1) is 8.76. The second kappa shape index (κ2) is 4.40. The van der Waals surface area contributed by atoms with E-state index in [0.717, 1.165) is 8.66 Å². The Labute approximate surface area is 114 Å². The van der Waals surface area contributed by atoms with Gasteiger partial charge in [0.1, 0.15) is 11.8 Å². The van der Waals surface area contributed by atoms with Crippen molar-refractivity contribution in [3.05, 3.63) is 33.7 Å². The standard InChI is InChI=1S/C11H5BrN4OS/c12-9-2-1-8(18-9)10-15-11(17-16-10)7-3-6(4-13)5-14-7/h1-3,5,14H. The summed E-state index contributed by atoms with van der Waals surface area (Å²) < 4.78 is 6.17. The smallest absolute Gasteiger partial charge is 0.274 e. The molecular weight excluding hydrogens is 316 g/mol. The van der Waals surface area contributed by atoms with Gasteiger partial charge in [0.25, 0.3) is 5.89 Å². The van der Waals surface area contributed by atoms with Crippen molar-refractivity contribution in [2.45, 2.75) is 0 Å². The van der Waals surface area contributed by atoms with Gasteiger partial charge in [-0.2, -0.15) is 10.2 Å². The molecule has 3 heterocycles. The van der Waals surface area contributed by atoms with E-state index in [2.05, 4.69) is 31.1 Å². The molecule has 0 bridgehead atoms. The molecule has 0 amide bonds. The van der Waals surface area contributed by atoms with Crippen LogP contribution in [0.15, 0.2) is 32.7 Å². The van der Waals surface area contributed by atoms with Gasteiger partial charge in [0.2, 0.25) is 5.82 Å². The monoisotopic (exact) mass is 320 g/mol. The predicted molar refractivity (Wildman–Crippen MR) is 69.8 cm³/mol. The van der Waals surface area contributed by atoms with Gasteiger partial charge >= 0.3 is 0 Å². The summed E-state index contributed by atoms with van der Waals surface area (Å²) in [6.45, 7) is 0. The van der Waals surface area contributed by atoms with Gasteiger partial charge in [-0.1, -0.05) is 5.16 Å². The van der Waals surface area contributed by atoms with E-state index in [9.17, 15) is 0 Å². The molecule has 18 heavy (non-hydrogen) atoms. The van der Waals surface area contributed by atoms with Gasteiger partial charge in [-0.25, -0.2) is 0 Å². The molecule has 0 aliphatic rings. The lowest BCUT2D eigenvalue weighted by atomic mass is 10.3. The minimum absolute atomic E-state index is 0.371. The molecule has 1 N–H and O–H groups in total. The Bertz CT molecular complexity index is 736. The SMILES string of the molecule is N#Cc1c[nH]c(-c2nc(-c3ccc(Br)s3)no2)c1. The largest absolute Gasteiger partial charge is 0.356 e. The summed E-state index contributed by atoms with van der Waals surface area (Å²) in [7, 11) is 0. The number of rotatable bonds is 2. The molecule has 7 heteroatoms. The van der Waals surface area contributed by atoms with Crippen LogP contribution in [0.5, 0.6) is 0 Å². The molecule has 0 unspecified atom stereocenters. The molecule has 3 rings (SSSR count). The maximum atomic E-state index is 8.74. The predicted octanol–water partition coefficient (Wildman–Crippen LogP) is 3.43. The van der Waals surface area contributed by atoms with E-state index in [1.54, 1.807) is 12.3 Å². The molecule has 88 valence electrons. The first-order valence-corrected chi connectivity index (χ1v) is 6.55. The van der Waals surface area contributed by atoms with Crippen molar-refractivity contribution in [1.82, 2.24) is 15.1 Å². The fraction of sp³-hybridized carbons (Fsp3) is 0. The van der Waals surface area contributed by atoms with Gasteiger partial charge < -0.3 is 9.51 Å². The fourth-order valence-corrected chi connectivity index (χ4v) is 2.76. The molecule has 0 fully saturated rings. The molecule has 0 atom stereocenters. The number of nitrogens with zero attached hydrogens (tertiary/aromatic N) is 3. The molecule has 0 aromatic carbocycles. The van der Waals surface area contributed by atoms with E-state index in [1.165, 1.54) is 11.3 Å². The molecule has 0 radical (unpaired) electrons. The van der Waals surface area contributed by atoms with E-state index >= 15 is 0 Å². The van der Waals surface area contributed by atoms with Gasteiger partial charge in [0, 0.05) is 6.20 Å². The highest BCUT2D eigenvalue weighted by Crippen LogP contribution is 2.30. The molecule has 5 nitrogen and oxygen atoms in total. The fourth-order valence-electron chi connectivity index (χ4n) is 1.45. The van der Waals surface area contributed by atoms with Gasteiger partial charge in [-0.05, 0) is 34.1 Å². The van der Waals surface area contributed by atoms with Gasteiger partial charge in [0.15, 0.2) is 0 Å². The highest BCUT2D eigenvalue weighted by molar-refractivity contribution is 9.11. The van der Waals surface area contributed by atoms with Crippen LogP contribution in [0, 0.1) is 11.3 Å². The maximum Gasteiger partial charge on any atom is 0.274 e. The van der Waals surface area contributed by atoms with E-state index in [-0.39, 0.29) is 0 Å². The number of nitriles is 1. The molecule has 3 aromatic heterocycles. The average molecular weight is 321 g/mol. The molecule has 3 aromatic rings. The van der Waals surface area contributed by atoms with Crippen molar-refractivity contribution in [3.63, 3.8) is 0 Å². The van der Waals surface area contributed by atoms with E-state index in [1.807, 2.05) is 18.2 Å². The maximum absolute atomic E-state index is 8.74. The van der Waals surface area contributed by atoms with Crippen LogP contribution < -0.4 is 0 Å². The lowest BCUT2D eigenvalue weighted by molar-refractivity contribution is 0.431. The summed E-state index contributed by atoms with van der Waals surface area (Å²) in [6, 6.07) is 7.55. The first-order valence-electron chi connectivity index (χ1n) is 4.94. The second-order valence-corrected chi connectivity index (χ2v) is 5.90. The summed E-state index contributed by atoms with van der Waals surface area (Å²) in [5, 5.41) is 12.7. The molecular formula is C11H5BrN4OS. The Morgan fingerprint density at radius 3 is 3.00 bits per heavy atom. The summed E-state index contributed by atoms with van der Waals surface area (Å²) in [5.41, 5.74) is 1.17. The van der Waals surface area contributed by atoms with Crippen LogP contribution in [0.4, 0.5) is 0 Å². The number of aromatic nitrogens is 3. The Hall–Kier alpha value is -1.91. The molecule has 0 spiro atoms. The topological polar surface area (TPSA) is 78.5 Å². The van der Waals surface area contributed by atoms with Crippen molar-refractivity contribution in [2.75, 3.05) is 0 Å². The number of hydrogen-bond donors (Lipinski definition) is 1. The number of hydrogen-bond acceptors (Lipinski definition) is 5. The van der Waals surface area contributed by atoms with E-state index in [4.69, 9.17) is 9.78 Å². The number of aromatic amines is 1. The number of nitrogens with one attached hydrogen (secondary N) is 1. The normalized spacial score (nSPS) is 10.4. The summed E-state index contributed by atoms with van der Waals surface area (Å²) >= 11 is 4.91. The van der Waals surface area contributed by atoms with Gasteiger partial charge in [0.05, 0.1) is 14.2 Å². The average Bonchev–Trinajstić information content (AvgIpc) is 3.07. The van der Waals surface area contributed by atoms with Crippen LogP contribution >= 0.6 is 27.3 Å². The van der Waals surface area contributed by atoms with Gasteiger partial charge in [-0.3, -0.25) is 0 Å². The highest BCUT2D eigenvalue weighted by Gasteiger charge is 2.13. The summed E-state index contributed by atoms with van der Waals surface area (Å²) in [6.07, 6.45) is 1.60. The van der Waals surface area contributed by atoms with E-state index < -0.39 is 0 Å². The van der Waals surface area contributed by atoms with Crippen LogP contribution in [-0.2, 0) is 0 Å². The van der Waals surface area contributed by atoms with Crippen LogP contribution in [0.2, 0.25) is 0 Å². The molecule has 0 saturated carbocycles. The minimum atomic E-state index is 0.371. The zero-order valence-corrected chi connectivity index (χ0v) is 11.2. The van der Waals surface area contributed by atoms with Crippen LogP contribution in [0.25, 0.3) is 22.3 Å². The second-order valence-electron chi connectivity index (χ2n) is 3.44. The van der Waals surface area contributed by atoms with Crippen LogP contribution in [0.3, 0.4) is 0 Å². The summed E-state index contributed by atoms with van der Waals surface area (Å²) in [4.78, 5) is 8.12. The first kappa shape index (κ1) is 11.2. The third-order valence-electron chi connectivity index (χ3n) is 2.26. The quantitative estimate of drug-likeness (QED) is 0.784. The van der Waals surface area contributed by atoms with Crippen molar-refractivity contribution < 1.29 is 4.52 Å². The number of halogens is 1. The Balaban J connectivity index is 1.96. The van der Waals surface area contributed by atoms with Crippen molar-refractivity contribution >= 4 is 27.3 Å². The number of H-pyrrole nitrogens is 1. The lowest BCUT2D eigenvalue weighted by Crippen LogP contribution is -1.77. The molecule has 0 aliphatic heterocycles. The Kier molecular flexibility index (Phi) is 2.74. The van der Waals surface area contributed by atoms with Gasteiger partial charge in [-0.15, -0.1) is 11.3 Å². The van der Waals surface area contributed by atoms with Crippen molar-refractivity contribution in [3.8, 4) is 28.4 Å². The van der Waals surface area contributed by atoms with Crippen molar-refractivity contribution in [2.24, 2.45) is 0 Å². The Morgan fingerprint density at radius 1 is 1.44 bits per heavy atom. The van der Waals surface area contributed by atoms with Crippen LogP contribution in [-0.4, -0.2) is 15.1 Å². The Morgan fingerprint density at radius 2 is 2.33 bits per heavy atom. The van der Waals surface area contributed by atoms with E-state index in [0.29, 0.717) is 23.0 Å². The third kappa shape index (κ3) is 1.96. The third-order valence-corrected chi connectivity index (χ3v) is 3.88. The lowest BCUT2D eigenvalue weighted by Gasteiger charge is -1.84. The minimum Gasteiger partial charge on any atom is -0.356 e. The zero-order chi connectivity index (χ0) is 12.5. The zero-order valence-electron chi connectivity index (χ0n) is 8.85.